The van der Waals surface area contributed by atoms with Gasteiger partial charge in [0, 0.05) is 27.3 Å². The van der Waals surface area contributed by atoms with E-state index in [0.717, 1.165) is 27.8 Å². The van der Waals surface area contributed by atoms with E-state index in [-0.39, 0.29) is 0 Å². The number of hydrogen-bond donors (Lipinski definition) is 1. The van der Waals surface area contributed by atoms with Gasteiger partial charge in [-0.25, -0.2) is 4.98 Å². The highest BCUT2D eigenvalue weighted by atomic mass is 79.9. The molecule has 27 heavy (non-hydrogen) atoms. The molecular weight excluding hydrogens is 418 g/mol. The lowest BCUT2D eigenvalue weighted by Crippen LogP contribution is -1.93. The average Bonchev–Trinajstić information content (AvgIpc) is 3.12. The number of thiazole rings is 1. The van der Waals surface area contributed by atoms with Crippen LogP contribution in [0.1, 0.15) is 24.4 Å². The second kappa shape index (κ2) is 8.98. The summed E-state index contributed by atoms with van der Waals surface area (Å²) in [6, 6.07) is 18.6. The van der Waals surface area contributed by atoms with Crippen LogP contribution in [0.4, 0.5) is 5.69 Å². The fourth-order valence-electron chi connectivity index (χ4n) is 2.69. The molecule has 0 aliphatic heterocycles. The van der Waals surface area contributed by atoms with E-state index in [2.05, 4.69) is 70.4 Å². The summed E-state index contributed by atoms with van der Waals surface area (Å²) in [5.74, 6) is 0.641. The Balaban J connectivity index is 1.77. The normalized spacial score (nSPS) is 11.4. The zero-order valence-corrected chi connectivity index (χ0v) is 17.6. The van der Waals surface area contributed by atoms with Crippen molar-refractivity contribution in [3.8, 4) is 17.3 Å². The first-order chi connectivity index (χ1) is 13.0. The summed E-state index contributed by atoms with van der Waals surface area (Å²) < 4.78 is 0.983. The second-order valence-electron chi connectivity index (χ2n) is 6.66. The van der Waals surface area contributed by atoms with E-state index >= 15 is 0 Å². The summed E-state index contributed by atoms with van der Waals surface area (Å²) in [6.07, 6.45) is 2.78. The van der Waals surface area contributed by atoms with Crippen molar-refractivity contribution >= 4 is 38.5 Å². The molecule has 0 saturated heterocycles. The molecule has 0 fully saturated rings. The predicted molar refractivity (Wildman–Crippen MR) is 117 cm³/mol. The van der Waals surface area contributed by atoms with Crippen molar-refractivity contribution in [3.05, 3.63) is 75.2 Å². The third-order valence-corrected chi connectivity index (χ3v) is 5.33. The number of hydrogen-bond acceptors (Lipinski definition) is 4. The van der Waals surface area contributed by atoms with Gasteiger partial charge in [-0.3, -0.25) is 0 Å². The molecule has 0 atom stereocenters. The van der Waals surface area contributed by atoms with Gasteiger partial charge in [0.2, 0.25) is 0 Å². The number of aromatic nitrogens is 1. The van der Waals surface area contributed by atoms with Crippen LogP contribution in [0.15, 0.2) is 64.6 Å². The summed E-state index contributed by atoms with van der Waals surface area (Å²) in [5.41, 5.74) is 4.73. The first kappa shape index (κ1) is 19.3. The van der Waals surface area contributed by atoms with Gasteiger partial charge in [0.1, 0.15) is 16.6 Å². The van der Waals surface area contributed by atoms with Crippen LogP contribution < -0.4 is 5.32 Å². The van der Waals surface area contributed by atoms with Crippen LogP contribution in [-0.4, -0.2) is 4.98 Å². The fourth-order valence-corrected chi connectivity index (χ4v) is 3.88. The maximum absolute atomic E-state index is 9.51. The Morgan fingerprint density at radius 3 is 2.70 bits per heavy atom. The first-order valence-corrected chi connectivity index (χ1v) is 10.4. The van der Waals surface area contributed by atoms with E-state index in [1.54, 1.807) is 6.20 Å². The summed E-state index contributed by atoms with van der Waals surface area (Å²) in [6.45, 7) is 4.44. The van der Waals surface area contributed by atoms with Crippen LogP contribution in [-0.2, 0) is 6.42 Å². The molecule has 3 rings (SSSR count). The molecule has 0 spiro atoms. The van der Waals surface area contributed by atoms with Crippen LogP contribution in [0.2, 0.25) is 0 Å². The number of allylic oxidation sites excluding steroid dienone is 1. The summed E-state index contributed by atoms with van der Waals surface area (Å²) >= 11 is 4.92. The molecule has 0 aliphatic carbocycles. The van der Waals surface area contributed by atoms with E-state index in [1.165, 1.54) is 16.9 Å². The van der Waals surface area contributed by atoms with Crippen molar-refractivity contribution in [2.24, 2.45) is 5.92 Å². The first-order valence-electron chi connectivity index (χ1n) is 8.72. The van der Waals surface area contributed by atoms with Crippen molar-refractivity contribution in [2.45, 2.75) is 20.3 Å². The maximum atomic E-state index is 9.51. The van der Waals surface area contributed by atoms with Gasteiger partial charge in [0.05, 0.1) is 5.69 Å². The third kappa shape index (κ3) is 5.29. The van der Waals surface area contributed by atoms with E-state index in [1.807, 2.05) is 29.6 Å². The average molecular weight is 438 g/mol. The molecule has 2 aromatic carbocycles. The summed E-state index contributed by atoms with van der Waals surface area (Å²) in [4.78, 5) is 4.65. The van der Waals surface area contributed by atoms with Crippen molar-refractivity contribution in [2.75, 3.05) is 5.32 Å². The molecule has 1 aromatic heterocycles. The Bertz CT molecular complexity index is 981. The molecule has 0 bridgehead atoms. The van der Waals surface area contributed by atoms with Gasteiger partial charge in [-0.2, -0.15) is 5.26 Å². The largest absolute Gasteiger partial charge is 0.360 e. The number of benzene rings is 2. The van der Waals surface area contributed by atoms with Gasteiger partial charge in [-0.05, 0) is 36.1 Å². The van der Waals surface area contributed by atoms with Crippen molar-refractivity contribution in [1.29, 1.82) is 5.26 Å². The van der Waals surface area contributed by atoms with Gasteiger partial charge < -0.3 is 5.32 Å². The molecular formula is C22H20BrN3S. The number of nitrogens with zero attached hydrogens (tertiary/aromatic N) is 2. The van der Waals surface area contributed by atoms with Gasteiger partial charge in [-0.15, -0.1) is 11.3 Å². The Labute approximate surface area is 172 Å². The summed E-state index contributed by atoms with van der Waals surface area (Å²) in [7, 11) is 0. The Morgan fingerprint density at radius 2 is 2.04 bits per heavy atom. The highest BCUT2D eigenvalue weighted by molar-refractivity contribution is 9.10. The molecule has 0 radical (unpaired) electrons. The van der Waals surface area contributed by atoms with Gasteiger partial charge in [0.25, 0.3) is 0 Å². The molecule has 1 N–H and O–H groups in total. The zero-order chi connectivity index (χ0) is 19.2. The fraction of sp³-hybridized carbons (Fsp3) is 0.182. The molecule has 136 valence electrons. The number of halogens is 1. The molecule has 0 amide bonds. The zero-order valence-electron chi connectivity index (χ0n) is 15.2. The van der Waals surface area contributed by atoms with Crippen LogP contribution in [0, 0.1) is 17.2 Å². The Kier molecular flexibility index (Phi) is 6.44. The molecule has 1 heterocycles. The highest BCUT2D eigenvalue weighted by Gasteiger charge is 2.09. The molecule has 0 saturated carbocycles. The predicted octanol–water partition coefficient (Wildman–Crippen LogP) is 6.75. The quantitative estimate of drug-likeness (QED) is 0.433. The van der Waals surface area contributed by atoms with Crippen LogP contribution in [0.3, 0.4) is 0 Å². The molecule has 3 nitrogen and oxygen atoms in total. The monoisotopic (exact) mass is 437 g/mol. The van der Waals surface area contributed by atoms with Gasteiger partial charge >= 0.3 is 0 Å². The maximum Gasteiger partial charge on any atom is 0.136 e. The number of anilines is 1. The van der Waals surface area contributed by atoms with Crippen LogP contribution in [0.25, 0.3) is 16.8 Å². The topological polar surface area (TPSA) is 48.7 Å². The van der Waals surface area contributed by atoms with Crippen LogP contribution >= 0.6 is 27.3 Å². The smallest absolute Gasteiger partial charge is 0.136 e. The molecule has 3 aromatic rings. The minimum Gasteiger partial charge on any atom is -0.360 e. The Morgan fingerprint density at radius 1 is 1.26 bits per heavy atom. The minimum absolute atomic E-state index is 0.516. The molecule has 0 unspecified atom stereocenters. The number of nitrogens with one attached hydrogen (secondary N) is 1. The standard InChI is InChI=1S/C22H20BrN3S/c1-15(2)10-16-6-8-17(9-7-16)21-14-27-22(26-21)18(12-24)13-25-20-5-3-4-19(23)11-20/h3-9,11,13-15,25H,10H2,1-2H3/b18-13+. The molecule has 0 aliphatic rings. The van der Waals surface area contributed by atoms with Crippen molar-refractivity contribution in [3.63, 3.8) is 0 Å². The number of rotatable bonds is 6. The lowest BCUT2D eigenvalue weighted by molar-refractivity contribution is 0.647. The van der Waals surface area contributed by atoms with E-state index in [0.29, 0.717) is 16.5 Å². The lowest BCUT2D eigenvalue weighted by Gasteiger charge is -2.05. The van der Waals surface area contributed by atoms with Crippen LogP contribution in [0.5, 0.6) is 0 Å². The highest BCUT2D eigenvalue weighted by Crippen LogP contribution is 2.27. The molecule has 5 heteroatoms. The van der Waals surface area contributed by atoms with E-state index < -0.39 is 0 Å². The van der Waals surface area contributed by atoms with Crippen molar-refractivity contribution < 1.29 is 0 Å². The number of nitriles is 1. The van der Waals surface area contributed by atoms with Gasteiger partial charge in [-0.1, -0.05) is 60.1 Å². The van der Waals surface area contributed by atoms with E-state index in [9.17, 15) is 5.26 Å². The van der Waals surface area contributed by atoms with Crippen molar-refractivity contribution in [1.82, 2.24) is 4.98 Å². The third-order valence-electron chi connectivity index (χ3n) is 3.96. The Hall–Kier alpha value is -2.42. The van der Waals surface area contributed by atoms with E-state index in [4.69, 9.17) is 0 Å². The SMILES string of the molecule is CC(C)Cc1ccc(-c2csc(/C(C#N)=C/Nc3cccc(Br)c3)n2)cc1. The second-order valence-corrected chi connectivity index (χ2v) is 8.43. The lowest BCUT2D eigenvalue weighted by atomic mass is 10.0. The minimum atomic E-state index is 0.516. The summed E-state index contributed by atoms with van der Waals surface area (Å²) in [5, 5.41) is 15.4. The van der Waals surface area contributed by atoms with Gasteiger partial charge in [0.15, 0.2) is 0 Å².